The van der Waals surface area contributed by atoms with E-state index in [4.69, 9.17) is 0 Å². The molecule has 0 spiro atoms. The number of aromatic nitrogens is 3. The van der Waals surface area contributed by atoms with Gasteiger partial charge in [-0.2, -0.15) is 4.39 Å². The Kier molecular flexibility index (Phi) is 1.93. The molecule has 0 amide bonds. The zero-order chi connectivity index (χ0) is 11.0. The average molecular weight is 213 g/mol. The first-order chi connectivity index (χ1) is 7.84. The van der Waals surface area contributed by atoms with Crippen molar-refractivity contribution in [2.24, 2.45) is 0 Å². The van der Waals surface area contributed by atoms with E-state index in [1.54, 1.807) is 18.5 Å². The SMILES string of the molecule is Fc1cc(-c2c[nH]c3cnccc23)ccn1. The number of hydrogen-bond donors (Lipinski definition) is 1. The van der Waals surface area contributed by atoms with Gasteiger partial charge in [-0.05, 0) is 17.7 Å². The molecule has 0 radical (unpaired) electrons. The molecule has 3 aromatic heterocycles. The summed E-state index contributed by atoms with van der Waals surface area (Å²) < 4.78 is 13.0. The smallest absolute Gasteiger partial charge is 0.213 e. The van der Waals surface area contributed by atoms with Crippen molar-refractivity contribution in [3.8, 4) is 11.1 Å². The molecule has 0 aliphatic rings. The van der Waals surface area contributed by atoms with Crippen LogP contribution in [0.1, 0.15) is 0 Å². The molecule has 0 fully saturated rings. The first-order valence-electron chi connectivity index (χ1n) is 4.87. The number of aromatic amines is 1. The summed E-state index contributed by atoms with van der Waals surface area (Å²) in [6.07, 6.45) is 6.78. The Bertz CT molecular complexity index is 645. The van der Waals surface area contributed by atoms with Gasteiger partial charge in [-0.1, -0.05) is 0 Å². The van der Waals surface area contributed by atoms with Gasteiger partial charge in [0.15, 0.2) is 0 Å². The fourth-order valence-electron chi connectivity index (χ4n) is 1.78. The number of H-pyrrole nitrogens is 1. The van der Waals surface area contributed by atoms with Crippen molar-refractivity contribution in [3.05, 3.63) is 48.9 Å². The van der Waals surface area contributed by atoms with E-state index >= 15 is 0 Å². The van der Waals surface area contributed by atoms with E-state index in [1.165, 1.54) is 12.3 Å². The highest BCUT2D eigenvalue weighted by atomic mass is 19.1. The van der Waals surface area contributed by atoms with Crippen molar-refractivity contribution < 1.29 is 4.39 Å². The van der Waals surface area contributed by atoms with Crippen molar-refractivity contribution in [3.63, 3.8) is 0 Å². The molecular weight excluding hydrogens is 205 g/mol. The fraction of sp³-hybridized carbons (Fsp3) is 0. The summed E-state index contributed by atoms with van der Waals surface area (Å²) in [5, 5.41) is 1.03. The molecule has 3 rings (SSSR count). The lowest BCUT2D eigenvalue weighted by atomic mass is 10.1. The highest BCUT2D eigenvalue weighted by Crippen LogP contribution is 2.27. The first-order valence-corrected chi connectivity index (χ1v) is 4.87. The number of fused-ring (bicyclic) bond motifs is 1. The van der Waals surface area contributed by atoms with Gasteiger partial charge >= 0.3 is 0 Å². The van der Waals surface area contributed by atoms with Crippen LogP contribution < -0.4 is 0 Å². The van der Waals surface area contributed by atoms with E-state index in [9.17, 15) is 4.39 Å². The lowest BCUT2D eigenvalue weighted by molar-refractivity contribution is 0.584. The molecule has 4 heteroatoms. The van der Waals surface area contributed by atoms with Crippen LogP contribution in [0.15, 0.2) is 43.0 Å². The van der Waals surface area contributed by atoms with Crippen LogP contribution in [0.5, 0.6) is 0 Å². The largest absolute Gasteiger partial charge is 0.359 e. The molecule has 3 heterocycles. The number of pyridine rings is 2. The van der Waals surface area contributed by atoms with Crippen molar-refractivity contribution in [1.29, 1.82) is 0 Å². The van der Waals surface area contributed by atoms with Crippen LogP contribution in [0.3, 0.4) is 0 Å². The van der Waals surface area contributed by atoms with Gasteiger partial charge in [0.25, 0.3) is 0 Å². The van der Waals surface area contributed by atoms with E-state index < -0.39 is 5.95 Å². The minimum absolute atomic E-state index is 0.471. The van der Waals surface area contributed by atoms with Gasteiger partial charge in [-0.25, -0.2) is 4.98 Å². The molecule has 1 N–H and O–H groups in total. The van der Waals surface area contributed by atoms with Crippen LogP contribution in [-0.2, 0) is 0 Å². The second-order valence-electron chi connectivity index (χ2n) is 3.49. The average Bonchev–Trinajstić information content (AvgIpc) is 2.72. The third-order valence-electron chi connectivity index (χ3n) is 2.52. The Morgan fingerprint density at radius 1 is 1.19 bits per heavy atom. The van der Waals surface area contributed by atoms with Crippen molar-refractivity contribution in [1.82, 2.24) is 15.0 Å². The maximum atomic E-state index is 13.0. The van der Waals surface area contributed by atoms with Crippen molar-refractivity contribution in [2.45, 2.75) is 0 Å². The molecule has 0 bridgehead atoms. The monoisotopic (exact) mass is 213 g/mol. The van der Waals surface area contributed by atoms with Gasteiger partial charge in [-0.15, -0.1) is 0 Å². The third kappa shape index (κ3) is 1.35. The molecule has 3 aromatic rings. The van der Waals surface area contributed by atoms with Gasteiger partial charge in [-0.3, -0.25) is 4.98 Å². The highest BCUT2D eigenvalue weighted by Gasteiger charge is 2.06. The zero-order valence-electron chi connectivity index (χ0n) is 8.31. The van der Waals surface area contributed by atoms with Gasteiger partial charge in [0.1, 0.15) is 0 Å². The van der Waals surface area contributed by atoms with Crippen LogP contribution in [0.2, 0.25) is 0 Å². The predicted molar refractivity (Wildman–Crippen MR) is 59.3 cm³/mol. The molecule has 0 unspecified atom stereocenters. The molecular formula is C12H8FN3. The quantitative estimate of drug-likeness (QED) is 0.631. The summed E-state index contributed by atoms with van der Waals surface area (Å²) in [5.41, 5.74) is 2.71. The Morgan fingerprint density at radius 3 is 3.00 bits per heavy atom. The number of nitrogens with zero attached hydrogens (tertiary/aromatic N) is 2. The second kappa shape index (κ2) is 3.41. The van der Waals surface area contributed by atoms with E-state index in [0.29, 0.717) is 0 Å². The highest BCUT2D eigenvalue weighted by molar-refractivity contribution is 5.94. The van der Waals surface area contributed by atoms with Crippen LogP contribution >= 0.6 is 0 Å². The topological polar surface area (TPSA) is 41.6 Å². The first kappa shape index (κ1) is 9.03. The Hall–Kier alpha value is -2.23. The summed E-state index contributed by atoms with van der Waals surface area (Å²) in [6.45, 7) is 0. The lowest BCUT2D eigenvalue weighted by Gasteiger charge is -1.98. The second-order valence-corrected chi connectivity index (χ2v) is 3.49. The van der Waals surface area contributed by atoms with Gasteiger partial charge in [0.2, 0.25) is 5.95 Å². The van der Waals surface area contributed by atoms with Gasteiger partial charge in [0.05, 0.1) is 11.7 Å². The molecule has 0 aromatic carbocycles. The van der Waals surface area contributed by atoms with Gasteiger partial charge < -0.3 is 4.98 Å². The summed E-state index contributed by atoms with van der Waals surface area (Å²) in [5.74, 6) is -0.471. The summed E-state index contributed by atoms with van der Waals surface area (Å²) in [4.78, 5) is 10.7. The Labute approximate surface area is 91.0 Å². The van der Waals surface area contributed by atoms with Crippen LogP contribution in [0.4, 0.5) is 4.39 Å². The molecule has 3 nitrogen and oxygen atoms in total. The van der Waals surface area contributed by atoms with E-state index in [-0.39, 0.29) is 0 Å². The molecule has 0 saturated heterocycles. The van der Waals surface area contributed by atoms with Crippen LogP contribution in [0.25, 0.3) is 22.0 Å². The minimum Gasteiger partial charge on any atom is -0.359 e. The van der Waals surface area contributed by atoms with E-state index in [0.717, 1.165) is 22.0 Å². The molecule has 0 aliphatic carbocycles. The number of halogens is 1. The van der Waals surface area contributed by atoms with Crippen LogP contribution in [-0.4, -0.2) is 15.0 Å². The van der Waals surface area contributed by atoms with Crippen LogP contribution in [0, 0.1) is 5.95 Å². The third-order valence-corrected chi connectivity index (χ3v) is 2.52. The maximum absolute atomic E-state index is 13.0. The molecule has 16 heavy (non-hydrogen) atoms. The Balaban J connectivity index is 2.26. The Morgan fingerprint density at radius 2 is 2.12 bits per heavy atom. The predicted octanol–water partition coefficient (Wildman–Crippen LogP) is 2.76. The molecule has 0 aliphatic heterocycles. The summed E-state index contributed by atoms with van der Waals surface area (Å²) in [6, 6.07) is 5.11. The number of nitrogens with one attached hydrogen (secondary N) is 1. The van der Waals surface area contributed by atoms with Crippen molar-refractivity contribution in [2.75, 3.05) is 0 Å². The summed E-state index contributed by atoms with van der Waals surface area (Å²) >= 11 is 0. The fourth-order valence-corrected chi connectivity index (χ4v) is 1.78. The lowest BCUT2D eigenvalue weighted by Crippen LogP contribution is -1.82. The molecule has 0 atom stereocenters. The standard InChI is InChI=1S/C12H8FN3/c13-12-5-8(1-4-15-12)10-6-16-11-7-14-3-2-9(10)11/h1-7,16H. The normalized spacial score (nSPS) is 10.8. The van der Waals surface area contributed by atoms with E-state index in [2.05, 4.69) is 15.0 Å². The molecule has 0 saturated carbocycles. The minimum atomic E-state index is -0.471. The summed E-state index contributed by atoms with van der Waals surface area (Å²) in [7, 11) is 0. The number of hydrogen-bond acceptors (Lipinski definition) is 2. The zero-order valence-corrected chi connectivity index (χ0v) is 8.31. The molecule has 78 valence electrons. The maximum Gasteiger partial charge on any atom is 0.213 e. The van der Waals surface area contributed by atoms with Gasteiger partial charge in [0, 0.05) is 35.6 Å². The van der Waals surface area contributed by atoms with Crippen molar-refractivity contribution >= 4 is 10.9 Å². The number of rotatable bonds is 1. The van der Waals surface area contributed by atoms with E-state index in [1.807, 2.05) is 12.3 Å².